The third-order valence-corrected chi connectivity index (χ3v) is 6.42. The number of amides is 2. The van der Waals surface area contributed by atoms with Crippen molar-refractivity contribution in [3.8, 4) is 5.75 Å². The second-order valence-electron chi connectivity index (χ2n) is 8.66. The van der Waals surface area contributed by atoms with Gasteiger partial charge in [0.25, 0.3) is 5.91 Å². The summed E-state index contributed by atoms with van der Waals surface area (Å²) in [7, 11) is 1.64. The number of fused-ring (bicyclic) bond motifs is 3. The minimum absolute atomic E-state index is 0.0833. The minimum atomic E-state index is -0.606. The first kappa shape index (κ1) is 22.7. The highest BCUT2D eigenvalue weighted by atomic mass is 16.5. The molecule has 1 N–H and O–H groups in total. The molecule has 0 bridgehead atoms. The second-order valence-corrected chi connectivity index (χ2v) is 8.66. The highest BCUT2D eigenvalue weighted by molar-refractivity contribution is 6.03. The number of carbonyl (C=O) groups is 2. The molecule has 0 aliphatic carbocycles. The molecule has 4 aromatic rings. The van der Waals surface area contributed by atoms with Crippen molar-refractivity contribution in [2.45, 2.75) is 25.3 Å². The molecule has 178 valence electrons. The minimum Gasteiger partial charge on any atom is -0.497 e. The summed E-state index contributed by atoms with van der Waals surface area (Å²) < 4.78 is 7.15. The van der Waals surface area contributed by atoms with Crippen LogP contribution < -0.4 is 15.0 Å². The van der Waals surface area contributed by atoms with Gasteiger partial charge >= 0.3 is 0 Å². The number of nitrogens with zero attached hydrogens (tertiary/aromatic N) is 3. The van der Waals surface area contributed by atoms with E-state index in [1.54, 1.807) is 12.0 Å². The van der Waals surface area contributed by atoms with Crippen LogP contribution in [-0.4, -0.2) is 41.6 Å². The molecular formula is C28H28N4O3. The van der Waals surface area contributed by atoms with E-state index in [4.69, 9.17) is 9.72 Å². The van der Waals surface area contributed by atoms with E-state index in [2.05, 4.69) is 5.32 Å². The highest BCUT2D eigenvalue weighted by Gasteiger charge is 2.40. The predicted octanol–water partition coefficient (Wildman–Crippen LogP) is 3.92. The van der Waals surface area contributed by atoms with Gasteiger partial charge in [-0.15, -0.1) is 0 Å². The van der Waals surface area contributed by atoms with Crippen LogP contribution in [0.1, 0.15) is 23.6 Å². The topological polar surface area (TPSA) is 76.5 Å². The molecule has 3 aromatic carbocycles. The Labute approximate surface area is 204 Å². The van der Waals surface area contributed by atoms with Crippen LogP contribution in [0.2, 0.25) is 0 Å². The fourth-order valence-corrected chi connectivity index (χ4v) is 4.58. The van der Waals surface area contributed by atoms with Crippen molar-refractivity contribution in [2.75, 3.05) is 25.1 Å². The summed E-state index contributed by atoms with van der Waals surface area (Å²) in [6.45, 7) is 1.02. The lowest BCUT2D eigenvalue weighted by molar-refractivity contribution is -0.127. The van der Waals surface area contributed by atoms with Gasteiger partial charge in [-0.05, 0) is 48.2 Å². The van der Waals surface area contributed by atoms with Crippen LogP contribution in [0.25, 0.3) is 11.0 Å². The molecule has 35 heavy (non-hydrogen) atoms. The number of hydrogen-bond acceptors (Lipinski definition) is 4. The number of imidazole rings is 1. The summed E-state index contributed by atoms with van der Waals surface area (Å²) in [4.78, 5) is 32.8. The monoisotopic (exact) mass is 468 g/mol. The zero-order chi connectivity index (χ0) is 24.2. The van der Waals surface area contributed by atoms with Crippen molar-refractivity contribution in [1.29, 1.82) is 0 Å². The van der Waals surface area contributed by atoms with Gasteiger partial charge in [0.2, 0.25) is 11.9 Å². The van der Waals surface area contributed by atoms with E-state index in [9.17, 15) is 9.59 Å². The Hall–Kier alpha value is -4.13. The fraction of sp³-hybridized carbons (Fsp3) is 0.250. The molecule has 1 aromatic heterocycles. The summed E-state index contributed by atoms with van der Waals surface area (Å²) >= 11 is 0. The lowest BCUT2D eigenvalue weighted by Crippen LogP contribution is -2.34. The summed E-state index contributed by atoms with van der Waals surface area (Å²) in [5.41, 5.74) is 3.95. The first-order chi connectivity index (χ1) is 17.1. The molecule has 0 radical (unpaired) electrons. The third-order valence-electron chi connectivity index (χ3n) is 6.42. The number of aromatic nitrogens is 2. The number of benzene rings is 3. The zero-order valence-corrected chi connectivity index (χ0v) is 19.7. The highest BCUT2D eigenvalue weighted by Crippen LogP contribution is 2.36. The van der Waals surface area contributed by atoms with E-state index in [-0.39, 0.29) is 18.2 Å². The van der Waals surface area contributed by atoms with Gasteiger partial charge in [0.15, 0.2) is 0 Å². The van der Waals surface area contributed by atoms with Crippen LogP contribution in [0.4, 0.5) is 5.95 Å². The van der Waals surface area contributed by atoms with Gasteiger partial charge in [0.1, 0.15) is 11.8 Å². The van der Waals surface area contributed by atoms with Gasteiger partial charge in [0.05, 0.1) is 24.6 Å². The average molecular weight is 469 g/mol. The van der Waals surface area contributed by atoms with Gasteiger partial charge < -0.3 is 10.1 Å². The van der Waals surface area contributed by atoms with Gasteiger partial charge in [-0.25, -0.2) is 4.98 Å². The molecule has 0 saturated heterocycles. The molecule has 1 atom stereocenters. The van der Waals surface area contributed by atoms with E-state index in [1.807, 2.05) is 83.4 Å². The summed E-state index contributed by atoms with van der Waals surface area (Å²) in [6, 6.07) is 25.0. The quantitative estimate of drug-likeness (QED) is 0.404. The smallest absolute Gasteiger partial charge is 0.253 e. The number of methoxy groups -OCH3 is 1. The normalized spacial score (nSPS) is 14.8. The molecule has 5 rings (SSSR count). The van der Waals surface area contributed by atoms with Crippen molar-refractivity contribution in [1.82, 2.24) is 14.9 Å². The fourth-order valence-electron chi connectivity index (χ4n) is 4.58. The van der Waals surface area contributed by atoms with Crippen LogP contribution in [0.15, 0.2) is 78.9 Å². The van der Waals surface area contributed by atoms with Crippen molar-refractivity contribution < 1.29 is 14.3 Å². The molecule has 7 heteroatoms. The Balaban J connectivity index is 1.31. The van der Waals surface area contributed by atoms with Crippen LogP contribution in [0.5, 0.6) is 5.75 Å². The van der Waals surface area contributed by atoms with Gasteiger partial charge in [-0.2, -0.15) is 0 Å². The summed E-state index contributed by atoms with van der Waals surface area (Å²) in [5.74, 6) is 1.17. The van der Waals surface area contributed by atoms with Crippen LogP contribution in [0, 0.1) is 0 Å². The van der Waals surface area contributed by atoms with Crippen molar-refractivity contribution >= 4 is 28.8 Å². The van der Waals surface area contributed by atoms with Crippen LogP contribution >= 0.6 is 0 Å². The van der Waals surface area contributed by atoms with Crippen LogP contribution in [0.3, 0.4) is 0 Å². The van der Waals surface area contributed by atoms with E-state index < -0.39 is 6.04 Å². The molecule has 1 aliphatic rings. The van der Waals surface area contributed by atoms with Gasteiger partial charge in [-0.3, -0.25) is 19.1 Å². The average Bonchev–Trinajstić information content (AvgIpc) is 3.38. The standard InChI is InChI=1S/C28H28N4O3/c1-35-22-13-11-21(12-14-22)16-18-31-27(34)25(32-24-10-6-5-9-23(24)30-28(31)32)19-26(33)29-17-15-20-7-3-2-4-8-20/h2-14,25H,15-19H2,1H3,(H,29,33). The SMILES string of the molecule is COc1ccc(CCN2C(=O)C(CC(=O)NCCc3ccccc3)n3c2nc2ccccc23)cc1. The Morgan fingerprint density at radius 3 is 2.43 bits per heavy atom. The Kier molecular flexibility index (Phi) is 6.48. The van der Waals surface area contributed by atoms with Crippen molar-refractivity contribution in [3.05, 3.63) is 90.0 Å². The number of rotatable bonds is 9. The molecule has 7 nitrogen and oxygen atoms in total. The maximum Gasteiger partial charge on any atom is 0.253 e. The molecule has 2 heterocycles. The third kappa shape index (κ3) is 4.75. The van der Waals surface area contributed by atoms with Crippen molar-refractivity contribution in [2.24, 2.45) is 0 Å². The summed E-state index contributed by atoms with van der Waals surface area (Å²) in [6.07, 6.45) is 1.51. The molecule has 1 aliphatic heterocycles. The maximum atomic E-state index is 13.5. The first-order valence-corrected chi connectivity index (χ1v) is 11.9. The van der Waals surface area contributed by atoms with E-state index >= 15 is 0 Å². The largest absolute Gasteiger partial charge is 0.497 e. The molecule has 0 fully saturated rings. The van der Waals surface area contributed by atoms with Gasteiger partial charge in [0, 0.05) is 13.1 Å². The molecule has 0 spiro atoms. The molecule has 2 amide bonds. The maximum absolute atomic E-state index is 13.5. The number of anilines is 1. The van der Waals surface area contributed by atoms with E-state index in [0.29, 0.717) is 25.5 Å². The van der Waals surface area contributed by atoms with E-state index in [0.717, 1.165) is 34.3 Å². The number of para-hydroxylation sites is 2. The zero-order valence-electron chi connectivity index (χ0n) is 19.7. The molecular weight excluding hydrogens is 440 g/mol. The number of ether oxygens (including phenoxy) is 1. The van der Waals surface area contributed by atoms with E-state index in [1.165, 1.54) is 0 Å². The number of nitrogens with one attached hydrogen (secondary N) is 1. The Bertz CT molecular complexity index is 1330. The lowest BCUT2D eigenvalue weighted by Gasteiger charge is -2.16. The number of carbonyl (C=O) groups excluding carboxylic acids is 2. The summed E-state index contributed by atoms with van der Waals surface area (Å²) in [5, 5.41) is 2.98. The lowest BCUT2D eigenvalue weighted by atomic mass is 10.1. The Morgan fingerprint density at radius 1 is 0.943 bits per heavy atom. The Morgan fingerprint density at radius 2 is 1.66 bits per heavy atom. The number of hydrogen-bond donors (Lipinski definition) is 1. The predicted molar refractivity (Wildman–Crippen MR) is 136 cm³/mol. The van der Waals surface area contributed by atoms with Gasteiger partial charge in [-0.1, -0.05) is 54.6 Å². The van der Waals surface area contributed by atoms with Crippen molar-refractivity contribution in [3.63, 3.8) is 0 Å². The molecule has 1 unspecified atom stereocenters. The second kappa shape index (κ2) is 10.0. The van der Waals surface area contributed by atoms with Crippen LogP contribution in [-0.2, 0) is 22.4 Å². The first-order valence-electron chi connectivity index (χ1n) is 11.9. The molecule has 0 saturated carbocycles.